The topological polar surface area (TPSA) is 55.8 Å². The van der Waals surface area contributed by atoms with E-state index in [4.69, 9.17) is 9.16 Å². The molecule has 0 aromatic heterocycles. The van der Waals surface area contributed by atoms with Gasteiger partial charge in [0, 0.05) is 0 Å². The van der Waals surface area contributed by atoms with Crippen molar-refractivity contribution in [3.63, 3.8) is 0 Å². The largest absolute Gasteiger partial charge is 0.449 e. The minimum absolute atomic E-state index is 0.271. The van der Waals surface area contributed by atoms with E-state index in [2.05, 4.69) is 20.8 Å². The maximum atomic E-state index is 12.8. The first-order chi connectivity index (χ1) is 12.5. The third-order valence-electron chi connectivity index (χ3n) is 5.42. The highest BCUT2D eigenvalue weighted by molar-refractivity contribution is 6.73. The van der Waals surface area contributed by atoms with E-state index in [-0.39, 0.29) is 5.91 Å². The van der Waals surface area contributed by atoms with Crippen LogP contribution >= 0.6 is 0 Å². The van der Waals surface area contributed by atoms with E-state index in [1.807, 2.05) is 37.3 Å². The first kappa shape index (κ1) is 20.6. The summed E-state index contributed by atoms with van der Waals surface area (Å²) in [6.07, 6.45) is 0.588. The number of ether oxygens (including phenoxy) is 1. The zero-order valence-corrected chi connectivity index (χ0v) is 17.4. The highest BCUT2D eigenvalue weighted by Crippen LogP contribution is 2.40. The molecule has 1 heterocycles. The number of imide groups is 1. The maximum absolute atomic E-state index is 12.8. The fourth-order valence-electron chi connectivity index (χ4n) is 3.40. The van der Waals surface area contributed by atoms with Crippen molar-refractivity contribution in [3.05, 3.63) is 35.9 Å². The van der Waals surface area contributed by atoms with Gasteiger partial charge in [-0.25, -0.2) is 9.69 Å². The lowest BCUT2D eigenvalue weighted by Crippen LogP contribution is -2.64. The van der Waals surface area contributed by atoms with Gasteiger partial charge in [0.05, 0.1) is 6.61 Å². The average Bonchev–Trinajstić information content (AvgIpc) is 2.68. The standard InChI is InChI=1S/C20H31NO4Si/c1-5-9-15-24-20(23)21-17(16-13-11-10-12-14-16)18(19(21)22)25-26(6-2,7-3)8-4/h10-14,17-18H,5-9,15H2,1-4H3/t17-,18+/m0/s1. The second-order valence-electron chi connectivity index (χ2n) is 6.81. The van der Waals surface area contributed by atoms with Crippen LogP contribution in [-0.2, 0) is 14.0 Å². The number of hydrogen-bond donors (Lipinski definition) is 0. The summed E-state index contributed by atoms with van der Waals surface area (Å²) in [6.45, 7) is 8.78. The third kappa shape index (κ3) is 4.18. The molecule has 2 amide bonds. The van der Waals surface area contributed by atoms with Crippen molar-refractivity contribution in [2.24, 2.45) is 0 Å². The van der Waals surface area contributed by atoms with Crippen LogP contribution in [0.2, 0.25) is 18.1 Å². The van der Waals surface area contributed by atoms with Crippen LogP contribution in [0.1, 0.15) is 52.1 Å². The summed E-state index contributed by atoms with van der Waals surface area (Å²) in [5.74, 6) is -0.271. The van der Waals surface area contributed by atoms with Gasteiger partial charge in [0.2, 0.25) is 0 Å². The first-order valence-electron chi connectivity index (χ1n) is 9.76. The zero-order chi connectivity index (χ0) is 19.2. The SMILES string of the molecule is CCCCOC(=O)N1C(=O)[C@H](O[Si](CC)(CC)CC)[C@@H]1c1ccccc1. The Labute approximate surface area is 157 Å². The molecule has 1 fully saturated rings. The van der Waals surface area contributed by atoms with Gasteiger partial charge in [-0.05, 0) is 30.1 Å². The van der Waals surface area contributed by atoms with E-state index in [0.29, 0.717) is 6.61 Å². The van der Waals surface area contributed by atoms with E-state index in [1.54, 1.807) is 0 Å². The molecule has 0 unspecified atom stereocenters. The fraction of sp³-hybridized carbons (Fsp3) is 0.600. The molecule has 0 aliphatic carbocycles. The second kappa shape index (κ2) is 9.32. The fourth-order valence-corrected chi connectivity index (χ4v) is 6.17. The number of benzene rings is 1. The molecule has 1 saturated heterocycles. The summed E-state index contributed by atoms with van der Waals surface area (Å²) in [6, 6.07) is 12.1. The van der Waals surface area contributed by atoms with Gasteiger partial charge in [-0.15, -0.1) is 0 Å². The van der Waals surface area contributed by atoms with Crippen molar-refractivity contribution in [1.29, 1.82) is 0 Å². The number of rotatable bonds is 9. The lowest BCUT2D eigenvalue weighted by atomic mass is 9.91. The summed E-state index contributed by atoms with van der Waals surface area (Å²) in [7, 11) is -1.96. The predicted molar refractivity (Wildman–Crippen MR) is 104 cm³/mol. The molecule has 0 N–H and O–H groups in total. The summed E-state index contributed by atoms with van der Waals surface area (Å²) in [5, 5.41) is 0. The summed E-state index contributed by atoms with van der Waals surface area (Å²) < 4.78 is 11.7. The number of hydrogen-bond acceptors (Lipinski definition) is 4. The molecule has 0 saturated carbocycles. The van der Waals surface area contributed by atoms with E-state index in [9.17, 15) is 9.59 Å². The van der Waals surface area contributed by atoms with Gasteiger partial charge in [-0.2, -0.15) is 0 Å². The molecule has 0 radical (unpaired) electrons. The van der Waals surface area contributed by atoms with Crippen LogP contribution in [-0.4, -0.2) is 37.9 Å². The van der Waals surface area contributed by atoms with Crippen LogP contribution in [0.3, 0.4) is 0 Å². The summed E-state index contributed by atoms with van der Waals surface area (Å²) >= 11 is 0. The highest BCUT2D eigenvalue weighted by Gasteiger charge is 2.55. The number of carbonyl (C=O) groups is 2. The first-order valence-corrected chi connectivity index (χ1v) is 12.3. The quantitative estimate of drug-likeness (QED) is 0.349. The summed E-state index contributed by atoms with van der Waals surface area (Å²) in [4.78, 5) is 26.5. The number of nitrogens with zero attached hydrogens (tertiary/aromatic N) is 1. The van der Waals surface area contributed by atoms with Crippen LogP contribution in [0, 0.1) is 0 Å². The number of likely N-dealkylation sites (tertiary alicyclic amines) is 1. The molecule has 1 aromatic rings. The van der Waals surface area contributed by atoms with Gasteiger partial charge in [0.1, 0.15) is 6.04 Å². The molecule has 5 nitrogen and oxygen atoms in total. The van der Waals surface area contributed by atoms with E-state index >= 15 is 0 Å². The van der Waals surface area contributed by atoms with E-state index in [0.717, 1.165) is 36.5 Å². The molecule has 144 valence electrons. The lowest BCUT2D eigenvalue weighted by molar-refractivity contribution is -0.160. The molecule has 1 aromatic carbocycles. The molecule has 6 heteroatoms. The lowest BCUT2D eigenvalue weighted by Gasteiger charge is -2.48. The van der Waals surface area contributed by atoms with Crippen molar-refractivity contribution < 1.29 is 18.8 Å². The van der Waals surface area contributed by atoms with Crippen molar-refractivity contribution >= 4 is 20.3 Å². The zero-order valence-electron chi connectivity index (χ0n) is 16.4. The van der Waals surface area contributed by atoms with Crippen LogP contribution in [0.25, 0.3) is 0 Å². The van der Waals surface area contributed by atoms with Gasteiger partial charge in [0.25, 0.3) is 5.91 Å². The Kier molecular flexibility index (Phi) is 7.40. The van der Waals surface area contributed by atoms with Crippen LogP contribution in [0.4, 0.5) is 4.79 Å². The minimum atomic E-state index is -1.96. The van der Waals surface area contributed by atoms with Crippen LogP contribution in [0.5, 0.6) is 0 Å². The van der Waals surface area contributed by atoms with E-state index in [1.165, 1.54) is 4.90 Å². The van der Waals surface area contributed by atoms with Crippen LogP contribution in [0.15, 0.2) is 30.3 Å². The Morgan fingerprint density at radius 2 is 1.69 bits per heavy atom. The minimum Gasteiger partial charge on any atom is -0.449 e. The van der Waals surface area contributed by atoms with Gasteiger partial charge < -0.3 is 9.16 Å². The predicted octanol–water partition coefficient (Wildman–Crippen LogP) is 4.90. The van der Waals surface area contributed by atoms with Crippen molar-refractivity contribution in [1.82, 2.24) is 4.90 Å². The Morgan fingerprint density at radius 3 is 2.23 bits per heavy atom. The highest BCUT2D eigenvalue weighted by atomic mass is 28.4. The van der Waals surface area contributed by atoms with Crippen molar-refractivity contribution in [2.75, 3.05) is 6.61 Å². The molecular formula is C20H31NO4Si. The third-order valence-corrected chi connectivity index (χ3v) is 10.0. The molecule has 0 bridgehead atoms. The molecule has 1 aliphatic rings. The van der Waals surface area contributed by atoms with Gasteiger partial charge in [-0.1, -0.05) is 64.4 Å². The number of β-lactam (4-membered cyclic amide) rings is 1. The number of carbonyl (C=O) groups excluding carboxylic acids is 2. The van der Waals surface area contributed by atoms with Crippen LogP contribution < -0.4 is 0 Å². The van der Waals surface area contributed by atoms with Gasteiger partial charge >= 0.3 is 6.09 Å². The van der Waals surface area contributed by atoms with Crippen molar-refractivity contribution in [3.8, 4) is 0 Å². The van der Waals surface area contributed by atoms with Crippen molar-refractivity contribution in [2.45, 2.75) is 70.8 Å². The molecule has 1 aliphatic heterocycles. The Bertz CT molecular complexity index is 595. The Hall–Kier alpha value is -1.66. The maximum Gasteiger partial charge on any atom is 0.417 e. The van der Waals surface area contributed by atoms with Gasteiger partial charge in [0.15, 0.2) is 14.4 Å². The Balaban J connectivity index is 2.23. The Morgan fingerprint density at radius 1 is 1.08 bits per heavy atom. The summed E-state index contributed by atoms with van der Waals surface area (Å²) in [5.41, 5.74) is 0.913. The smallest absolute Gasteiger partial charge is 0.417 e. The number of amides is 2. The molecule has 0 spiro atoms. The number of unbranched alkanes of at least 4 members (excludes halogenated alkanes) is 1. The van der Waals surface area contributed by atoms with E-state index < -0.39 is 26.6 Å². The average molecular weight is 378 g/mol. The molecule has 2 atom stereocenters. The second-order valence-corrected chi connectivity index (χ2v) is 11.5. The molecule has 2 rings (SSSR count). The molecular weight excluding hydrogens is 346 g/mol. The normalized spacial score (nSPS) is 20.0. The van der Waals surface area contributed by atoms with Gasteiger partial charge in [-0.3, -0.25) is 4.79 Å². The molecule has 26 heavy (non-hydrogen) atoms. The monoisotopic (exact) mass is 377 g/mol.